The highest BCUT2D eigenvalue weighted by atomic mass is 16.3. The Morgan fingerprint density at radius 1 is 1.50 bits per heavy atom. The Balaban J connectivity index is 2.15. The Morgan fingerprint density at radius 3 is 2.75 bits per heavy atom. The predicted molar refractivity (Wildman–Crippen MR) is 66.1 cm³/mol. The van der Waals surface area contributed by atoms with Crippen molar-refractivity contribution in [1.82, 2.24) is 0 Å². The van der Waals surface area contributed by atoms with Gasteiger partial charge in [-0.25, -0.2) is 0 Å². The second-order valence-corrected chi connectivity index (χ2v) is 5.67. The summed E-state index contributed by atoms with van der Waals surface area (Å²) in [6.45, 7) is 6.76. The average molecular weight is 221 g/mol. The van der Waals surface area contributed by atoms with Crippen LogP contribution in [0.5, 0.6) is 0 Å². The molecule has 2 nitrogen and oxygen atoms in total. The summed E-state index contributed by atoms with van der Waals surface area (Å²) >= 11 is 0. The first-order chi connectivity index (χ1) is 7.54. The molecule has 0 amide bonds. The van der Waals surface area contributed by atoms with Crippen molar-refractivity contribution in [3.63, 3.8) is 0 Å². The summed E-state index contributed by atoms with van der Waals surface area (Å²) in [6, 6.07) is 4.17. The van der Waals surface area contributed by atoms with E-state index in [-0.39, 0.29) is 6.04 Å². The molecule has 0 bridgehead atoms. The Kier molecular flexibility index (Phi) is 3.11. The third-order valence-electron chi connectivity index (χ3n) is 4.13. The summed E-state index contributed by atoms with van der Waals surface area (Å²) in [5, 5.41) is 0. The predicted octanol–water partition coefficient (Wildman–Crippen LogP) is 3.67. The van der Waals surface area contributed by atoms with Gasteiger partial charge in [-0.1, -0.05) is 27.2 Å². The molecule has 2 unspecified atom stereocenters. The SMILES string of the molecule is CCc1ccc(C(N)C2CCCC2(C)C)o1. The third kappa shape index (κ3) is 2.03. The Morgan fingerprint density at radius 2 is 2.25 bits per heavy atom. The molecule has 90 valence electrons. The zero-order valence-corrected chi connectivity index (χ0v) is 10.6. The summed E-state index contributed by atoms with van der Waals surface area (Å²) in [7, 11) is 0. The average Bonchev–Trinajstić information content (AvgIpc) is 2.82. The first kappa shape index (κ1) is 11.7. The summed E-state index contributed by atoms with van der Waals surface area (Å²) in [5.41, 5.74) is 6.71. The fraction of sp³-hybridized carbons (Fsp3) is 0.714. The van der Waals surface area contributed by atoms with Crippen LogP contribution < -0.4 is 5.73 Å². The molecule has 1 aliphatic rings. The van der Waals surface area contributed by atoms with Crippen molar-refractivity contribution in [3.8, 4) is 0 Å². The monoisotopic (exact) mass is 221 g/mol. The van der Waals surface area contributed by atoms with Gasteiger partial charge in [-0.05, 0) is 36.3 Å². The highest BCUT2D eigenvalue weighted by Gasteiger charge is 2.39. The van der Waals surface area contributed by atoms with Crippen LogP contribution in [0.25, 0.3) is 0 Å². The van der Waals surface area contributed by atoms with E-state index >= 15 is 0 Å². The molecule has 16 heavy (non-hydrogen) atoms. The summed E-state index contributed by atoms with van der Waals surface area (Å²) in [5.74, 6) is 2.57. The number of nitrogens with two attached hydrogens (primary N) is 1. The fourth-order valence-corrected chi connectivity index (χ4v) is 2.98. The molecule has 1 saturated carbocycles. The van der Waals surface area contributed by atoms with E-state index in [0.29, 0.717) is 11.3 Å². The lowest BCUT2D eigenvalue weighted by Crippen LogP contribution is -2.29. The van der Waals surface area contributed by atoms with Crippen molar-refractivity contribution in [2.45, 2.75) is 52.5 Å². The second kappa shape index (κ2) is 4.25. The minimum Gasteiger partial charge on any atom is -0.464 e. The van der Waals surface area contributed by atoms with Crippen molar-refractivity contribution >= 4 is 0 Å². The molecule has 1 heterocycles. The molecule has 2 heteroatoms. The summed E-state index contributed by atoms with van der Waals surface area (Å²) in [4.78, 5) is 0. The second-order valence-electron chi connectivity index (χ2n) is 5.67. The zero-order chi connectivity index (χ0) is 11.8. The maximum absolute atomic E-state index is 6.35. The number of hydrogen-bond donors (Lipinski definition) is 1. The maximum Gasteiger partial charge on any atom is 0.121 e. The van der Waals surface area contributed by atoms with E-state index in [1.54, 1.807) is 0 Å². The van der Waals surface area contributed by atoms with Crippen LogP contribution in [0.2, 0.25) is 0 Å². The minimum atomic E-state index is 0.0674. The smallest absolute Gasteiger partial charge is 0.121 e. The van der Waals surface area contributed by atoms with Gasteiger partial charge < -0.3 is 10.2 Å². The first-order valence-corrected chi connectivity index (χ1v) is 6.39. The van der Waals surface area contributed by atoms with Gasteiger partial charge >= 0.3 is 0 Å². The Bertz CT molecular complexity index is 353. The molecule has 2 N–H and O–H groups in total. The summed E-state index contributed by atoms with van der Waals surface area (Å²) in [6.07, 6.45) is 4.76. The molecule has 1 fully saturated rings. The van der Waals surface area contributed by atoms with E-state index in [1.807, 2.05) is 0 Å². The number of aryl methyl sites for hydroxylation is 1. The van der Waals surface area contributed by atoms with Gasteiger partial charge in [0, 0.05) is 6.42 Å². The normalized spacial score (nSPS) is 25.9. The molecule has 0 aromatic carbocycles. The minimum absolute atomic E-state index is 0.0674. The van der Waals surface area contributed by atoms with Crippen molar-refractivity contribution in [2.75, 3.05) is 0 Å². The third-order valence-corrected chi connectivity index (χ3v) is 4.13. The molecule has 1 aliphatic carbocycles. The molecule has 2 rings (SSSR count). The van der Waals surface area contributed by atoms with Crippen LogP contribution in [0.1, 0.15) is 57.6 Å². The molecule has 2 atom stereocenters. The molecule has 1 aromatic rings. The van der Waals surface area contributed by atoms with Crippen molar-refractivity contribution in [1.29, 1.82) is 0 Å². The molecule has 0 saturated heterocycles. The van der Waals surface area contributed by atoms with E-state index in [4.69, 9.17) is 10.2 Å². The quantitative estimate of drug-likeness (QED) is 0.845. The Labute approximate surface area is 98.2 Å². The Hall–Kier alpha value is -0.760. The molecule has 0 aliphatic heterocycles. The van der Waals surface area contributed by atoms with Gasteiger partial charge in [-0.15, -0.1) is 0 Å². The van der Waals surface area contributed by atoms with Crippen LogP contribution in [0.3, 0.4) is 0 Å². The maximum atomic E-state index is 6.35. The number of rotatable bonds is 3. The van der Waals surface area contributed by atoms with Gasteiger partial charge in [-0.3, -0.25) is 0 Å². The molecule has 0 spiro atoms. The molecule has 0 radical (unpaired) electrons. The van der Waals surface area contributed by atoms with Crippen molar-refractivity contribution < 1.29 is 4.42 Å². The van der Waals surface area contributed by atoms with E-state index in [0.717, 1.165) is 17.9 Å². The lowest BCUT2D eigenvalue weighted by atomic mass is 9.77. The van der Waals surface area contributed by atoms with Crippen LogP contribution in [-0.4, -0.2) is 0 Å². The van der Waals surface area contributed by atoms with Gasteiger partial charge in [-0.2, -0.15) is 0 Å². The fourth-order valence-electron chi connectivity index (χ4n) is 2.98. The topological polar surface area (TPSA) is 39.2 Å². The lowest BCUT2D eigenvalue weighted by Gasteiger charge is -2.30. The standard InChI is InChI=1S/C14H23NO/c1-4-10-7-8-12(16-10)13(15)11-6-5-9-14(11,2)3/h7-8,11,13H,4-6,9,15H2,1-3H3. The van der Waals surface area contributed by atoms with E-state index in [2.05, 4.69) is 32.9 Å². The van der Waals surface area contributed by atoms with Crippen LogP contribution in [0.15, 0.2) is 16.5 Å². The number of furan rings is 1. The molecular weight excluding hydrogens is 198 g/mol. The highest BCUT2D eigenvalue weighted by Crippen LogP contribution is 2.47. The summed E-state index contributed by atoms with van der Waals surface area (Å²) < 4.78 is 5.78. The highest BCUT2D eigenvalue weighted by molar-refractivity contribution is 5.13. The van der Waals surface area contributed by atoms with Crippen molar-refractivity contribution in [2.24, 2.45) is 17.1 Å². The largest absolute Gasteiger partial charge is 0.464 e. The molecular formula is C14H23NO. The number of hydrogen-bond acceptors (Lipinski definition) is 2. The van der Waals surface area contributed by atoms with Gasteiger partial charge in [0.25, 0.3) is 0 Å². The van der Waals surface area contributed by atoms with Gasteiger partial charge in [0.1, 0.15) is 11.5 Å². The van der Waals surface area contributed by atoms with Gasteiger partial charge in [0.05, 0.1) is 6.04 Å². The molecule has 1 aromatic heterocycles. The van der Waals surface area contributed by atoms with Crippen LogP contribution >= 0.6 is 0 Å². The van der Waals surface area contributed by atoms with Gasteiger partial charge in [0.2, 0.25) is 0 Å². The first-order valence-electron chi connectivity index (χ1n) is 6.39. The van der Waals surface area contributed by atoms with Crippen LogP contribution in [-0.2, 0) is 6.42 Å². The zero-order valence-electron chi connectivity index (χ0n) is 10.6. The van der Waals surface area contributed by atoms with E-state index in [1.165, 1.54) is 19.3 Å². The van der Waals surface area contributed by atoms with E-state index < -0.39 is 0 Å². The van der Waals surface area contributed by atoms with Gasteiger partial charge in [0.15, 0.2) is 0 Å². The van der Waals surface area contributed by atoms with Crippen LogP contribution in [0, 0.1) is 11.3 Å². The van der Waals surface area contributed by atoms with E-state index in [9.17, 15) is 0 Å². The van der Waals surface area contributed by atoms with Crippen LogP contribution in [0.4, 0.5) is 0 Å². The van der Waals surface area contributed by atoms with Crippen molar-refractivity contribution in [3.05, 3.63) is 23.7 Å². The lowest BCUT2D eigenvalue weighted by molar-refractivity contribution is 0.205.